The van der Waals surface area contributed by atoms with Gasteiger partial charge in [0, 0.05) is 42.8 Å². The molecule has 0 amide bonds. The summed E-state index contributed by atoms with van der Waals surface area (Å²) in [5, 5.41) is 0.944. The predicted octanol–water partition coefficient (Wildman–Crippen LogP) is 4.10. The van der Waals surface area contributed by atoms with Gasteiger partial charge in [0.05, 0.1) is 11.4 Å². The van der Waals surface area contributed by atoms with E-state index in [1.807, 2.05) is 41.8 Å². The van der Waals surface area contributed by atoms with Crippen molar-refractivity contribution in [2.24, 2.45) is 5.73 Å². The van der Waals surface area contributed by atoms with Crippen molar-refractivity contribution < 1.29 is 12.8 Å². The van der Waals surface area contributed by atoms with Gasteiger partial charge < -0.3 is 10.3 Å². The fourth-order valence-corrected chi connectivity index (χ4v) is 4.31. The molecule has 5 nitrogen and oxygen atoms in total. The molecule has 0 saturated carbocycles. The van der Waals surface area contributed by atoms with Gasteiger partial charge in [0.2, 0.25) is 10.0 Å². The number of hydrogen-bond acceptors (Lipinski definition) is 3. The van der Waals surface area contributed by atoms with Gasteiger partial charge in [0.25, 0.3) is 0 Å². The second-order valence-corrected chi connectivity index (χ2v) is 8.92. The van der Waals surface area contributed by atoms with Crippen LogP contribution in [-0.4, -0.2) is 37.9 Å². The number of benzene rings is 2. The number of rotatable bonds is 6. The number of nitrogens with two attached hydrogens (primary N) is 1. The summed E-state index contributed by atoms with van der Waals surface area (Å²) in [4.78, 5) is 0.223. The largest absolute Gasteiger partial charge is 0.337 e. The topological polar surface area (TPSA) is 68.3 Å². The number of aromatic nitrogens is 1. The number of para-hydroxylation sites is 1. The van der Waals surface area contributed by atoms with Crippen molar-refractivity contribution in [1.82, 2.24) is 8.87 Å². The summed E-state index contributed by atoms with van der Waals surface area (Å²) < 4.78 is 42.3. The summed E-state index contributed by atoms with van der Waals surface area (Å²) in [6.45, 7) is 2.14. The van der Waals surface area contributed by atoms with Crippen LogP contribution in [0.2, 0.25) is 0 Å². The predicted molar refractivity (Wildman–Crippen MR) is 118 cm³/mol. The molecule has 29 heavy (non-hydrogen) atoms. The molecule has 1 aromatic heterocycles. The molecule has 0 unspecified atom stereocenters. The monoisotopic (exact) mass is 437 g/mol. The van der Waals surface area contributed by atoms with E-state index in [0.717, 1.165) is 27.7 Å². The molecular weight excluding hydrogens is 413 g/mol. The highest BCUT2D eigenvalue weighted by atomic mass is 35.5. The van der Waals surface area contributed by atoms with Gasteiger partial charge in [-0.2, -0.15) is 0 Å². The minimum absolute atomic E-state index is 0. The first-order valence-corrected chi connectivity index (χ1v) is 10.4. The molecule has 0 aliphatic heterocycles. The molecule has 3 aromatic rings. The standard InChI is InChI=1S/C21H24FN3O2S.ClH/c1-15-21(16-7-6-8-18(13-16)28(26,27)24(2)3)19-9-4-5-10-20(19)25(15)14-17(22)11-12-23;/h4-11,13H,12,14,23H2,1-3H3;1H. The van der Waals surface area contributed by atoms with Crippen LogP contribution >= 0.6 is 12.4 Å². The van der Waals surface area contributed by atoms with Gasteiger partial charge in [0.15, 0.2) is 0 Å². The van der Waals surface area contributed by atoms with E-state index in [1.165, 1.54) is 24.5 Å². The smallest absolute Gasteiger partial charge is 0.242 e. The van der Waals surface area contributed by atoms with E-state index >= 15 is 0 Å². The van der Waals surface area contributed by atoms with Gasteiger partial charge in [-0.25, -0.2) is 17.1 Å². The van der Waals surface area contributed by atoms with E-state index in [2.05, 4.69) is 0 Å². The summed E-state index contributed by atoms with van der Waals surface area (Å²) in [6, 6.07) is 14.6. The van der Waals surface area contributed by atoms with Gasteiger partial charge in [-0.3, -0.25) is 0 Å². The Kier molecular flexibility index (Phi) is 7.24. The molecule has 2 N–H and O–H groups in total. The average molecular weight is 438 g/mol. The second kappa shape index (κ2) is 9.09. The third-order valence-electron chi connectivity index (χ3n) is 4.78. The maximum atomic E-state index is 14.2. The van der Waals surface area contributed by atoms with Crippen LogP contribution in [0.5, 0.6) is 0 Å². The third-order valence-corrected chi connectivity index (χ3v) is 6.59. The number of fused-ring (bicyclic) bond motifs is 1. The zero-order valence-electron chi connectivity index (χ0n) is 16.6. The zero-order chi connectivity index (χ0) is 20.5. The van der Waals surface area contributed by atoms with Crippen molar-refractivity contribution in [2.45, 2.75) is 18.4 Å². The van der Waals surface area contributed by atoms with Crippen molar-refractivity contribution >= 4 is 33.3 Å². The average Bonchev–Trinajstić information content (AvgIpc) is 2.94. The van der Waals surface area contributed by atoms with Gasteiger partial charge >= 0.3 is 0 Å². The lowest BCUT2D eigenvalue weighted by molar-refractivity contribution is 0.521. The van der Waals surface area contributed by atoms with Crippen LogP contribution in [0.25, 0.3) is 22.0 Å². The lowest BCUT2D eigenvalue weighted by Crippen LogP contribution is -2.22. The Morgan fingerprint density at radius 3 is 2.52 bits per heavy atom. The van der Waals surface area contributed by atoms with Gasteiger partial charge in [0.1, 0.15) is 5.83 Å². The van der Waals surface area contributed by atoms with Crippen LogP contribution in [-0.2, 0) is 16.6 Å². The van der Waals surface area contributed by atoms with Crippen LogP contribution in [0.1, 0.15) is 5.69 Å². The lowest BCUT2D eigenvalue weighted by Gasteiger charge is -2.13. The molecule has 0 fully saturated rings. The highest BCUT2D eigenvalue weighted by molar-refractivity contribution is 7.89. The highest BCUT2D eigenvalue weighted by Gasteiger charge is 2.20. The second-order valence-electron chi connectivity index (χ2n) is 6.77. The SMILES string of the molecule is Cc1c(-c2cccc(S(=O)(=O)N(C)C)c2)c2ccccc2n1CC(F)=CCN.Cl. The Bertz CT molecular complexity index is 1150. The summed E-state index contributed by atoms with van der Waals surface area (Å²) >= 11 is 0. The van der Waals surface area contributed by atoms with Gasteiger partial charge in [-0.05, 0) is 36.8 Å². The normalized spacial score (nSPS) is 12.4. The Balaban J connectivity index is 0.00000300. The summed E-state index contributed by atoms with van der Waals surface area (Å²) in [5.41, 5.74) is 8.84. The molecule has 8 heteroatoms. The summed E-state index contributed by atoms with van der Waals surface area (Å²) in [7, 11) is -0.538. The van der Waals surface area contributed by atoms with Crippen molar-refractivity contribution in [3.63, 3.8) is 0 Å². The number of halogens is 2. The summed E-state index contributed by atoms with van der Waals surface area (Å²) in [6.07, 6.45) is 1.36. The minimum Gasteiger partial charge on any atom is -0.337 e. The number of nitrogens with zero attached hydrogens (tertiary/aromatic N) is 2. The minimum atomic E-state index is -3.55. The first-order chi connectivity index (χ1) is 13.3. The highest BCUT2D eigenvalue weighted by Crippen LogP contribution is 2.36. The van der Waals surface area contributed by atoms with E-state index in [1.54, 1.807) is 18.2 Å². The Hall–Kier alpha value is -2.19. The summed E-state index contributed by atoms with van der Waals surface area (Å²) in [5.74, 6) is -0.304. The maximum Gasteiger partial charge on any atom is 0.242 e. The maximum absolute atomic E-state index is 14.2. The molecule has 0 spiro atoms. The molecule has 0 aliphatic carbocycles. The quantitative estimate of drug-likeness (QED) is 0.631. The number of allylic oxidation sites excluding steroid dienone is 1. The number of hydrogen-bond donors (Lipinski definition) is 1. The van der Waals surface area contributed by atoms with Crippen molar-refractivity contribution in [1.29, 1.82) is 0 Å². The van der Waals surface area contributed by atoms with Crippen LogP contribution in [0.15, 0.2) is 65.3 Å². The van der Waals surface area contributed by atoms with E-state index in [9.17, 15) is 12.8 Å². The molecule has 0 radical (unpaired) electrons. The van der Waals surface area contributed by atoms with E-state index in [0.29, 0.717) is 0 Å². The van der Waals surface area contributed by atoms with Crippen molar-refractivity contribution in [3.05, 3.63) is 66.1 Å². The molecule has 3 rings (SSSR count). The van der Waals surface area contributed by atoms with Crippen LogP contribution in [0, 0.1) is 6.92 Å². The first kappa shape index (κ1) is 23.1. The van der Waals surface area contributed by atoms with E-state index < -0.39 is 10.0 Å². The molecule has 156 valence electrons. The first-order valence-electron chi connectivity index (χ1n) is 8.92. The van der Waals surface area contributed by atoms with Crippen LogP contribution in [0.4, 0.5) is 4.39 Å². The fourth-order valence-electron chi connectivity index (χ4n) is 3.37. The van der Waals surface area contributed by atoms with E-state index in [-0.39, 0.29) is 36.2 Å². The Morgan fingerprint density at radius 1 is 1.17 bits per heavy atom. The van der Waals surface area contributed by atoms with Gasteiger partial charge in [-0.15, -0.1) is 12.4 Å². The molecular formula is C21H25ClFN3O2S. The molecule has 0 aliphatic rings. The molecule has 0 bridgehead atoms. The molecule has 2 aromatic carbocycles. The van der Waals surface area contributed by atoms with Crippen LogP contribution < -0.4 is 5.73 Å². The zero-order valence-corrected chi connectivity index (χ0v) is 18.2. The fraction of sp³-hybridized carbons (Fsp3) is 0.238. The third kappa shape index (κ3) is 4.38. The van der Waals surface area contributed by atoms with Crippen molar-refractivity contribution in [3.8, 4) is 11.1 Å². The molecule has 0 atom stereocenters. The number of sulfonamides is 1. The van der Waals surface area contributed by atoms with Gasteiger partial charge in [-0.1, -0.05) is 30.3 Å². The molecule has 1 heterocycles. The van der Waals surface area contributed by atoms with Crippen molar-refractivity contribution in [2.75, 3.05) is 20.6 Å². The Labute approximate surface area is 177 Å². The van der Waals surface area contributed by atoms with Crippen LogP contribution in [0.3, 0.4) is 0 Å². The van der Waals surface area contributed by atoms with E-state index in [4.69, 9.17) is 5.73 Å². The molecule has 0 saturated heterocycles. The lowest BCUT2D eigenvalue weighted by atomic mass is 10.0. The Morgan fingerprint density at radius 2 is 1.86 bits per heavy atom.